The first-order chi connectivity index (χ1) is 6.43. The van der Waals surface area contributed by atoms with E-state index in [9.17, 15) is 25.3 Å². The maximum atomic E-state index is 10.4. The van der Waals surface area contributed by atoms with E-state index in [1.165, 1.54) is 0 Å². The summed E-state index contributed by atoms with van der Waals surface area (Å²) in [6.45, 7) is 0. The highest BCUT2D eigenvalue weighted by Crippen LogP contribution is 2.29. The Balaban J connectivity index is 3.43. The molecular weight excluding hydrogens is 211 g/mol. The van der Waals surface area contributed by atoms with Crippen LogP contribution >= 0.6 is 9.24 Å². The van der Waals surface area contributed by atoms with Crippen molar-refractivity contribution < 1.29 is 15.0 Å². The fraction of sp³-hybridized carbons (Fsp3) is 0. The van der Waals surface area contributed by atoms with Crippen LogP contribution in [0.1, 0.15) is 0 Å². The Hall–Kier alpha value is -1.75. The van der Waals surface area contributed by atoms with E-state index >= 15 is 0 Å². The Morgan fingerprint density at radius 2 is 1.79 bits per heavy atom. The Labute approximate surface area is 79.9 Å². The van der Waals surface area contributed by atoms with E-state index in [2.05, 4.69) is 0 Å². The molecule has 0 aromatic heterocycles. The molecule has 14 heavy (non-hydrogen) atoms. The van der Waals surface area contributed by atoms with Crippen molar-refractivity contribution in [3.05, 3.63) is 32.4 Å². The Morgan fingerprint density at radius 3 is 2.21 bits per heavy atom. The Bertz CT molecular complexity index is 419. The van der Waals surface area contributed by atoms with E-state index in [1.54, 1.807) is 0 Å². The molecule has 1 aromatic carbocycles. The third kappa shape index (κ3) is 1.77. The summed E-state index contributed by atoms with van der Waals surface area (Å²) in [6.07, 6.45) is 0. The fourth-order valence-electron chi connectivity index (χ4n) is 0.870. The molecule has 0 aliphatic carbocycles. The summed E-state index contributed by atoms with van der Waals surface area (Å²) in [4.78, 5) is 19.1. The first-order valence-electron chi connectivity index (χ1n) is 3.34. The lowest BCUT2D eigenvalue weighted by Gasteiger charge is -1.99. The lowest BCUT2D eigenvalue weighted by atomic mass is 10.2. The van der Waals surface area contributed by atoms with Gasteiger partial charge in [0, 0.05) is 11.4 Å². The van der Waals surface area contributed by atoms with Crippen molar-refractivity contribution in [2.24, 2.45) is 0 Å². The summed E-state index contributed by atoms with van der Waals surface area (Å²) in [5.41, 5.74) is -1.11. The minimum atomic E-state index is -0.879. The van der Waals surface area contributed by atoms with E-state index in [1.807, 2.05) is 9.24 Å². The largest absolute Gasteiger partial charge is 0.502 e. The molecule has 0 aliphatic heterocycles. The van der Waals surface area contributed by atoms with Crippen molar-refractivity contribution in [3.63, 3.8) is 0 Å². The fourth-order valence-corrected chi connectivity index (χ4v) is 1.19. The number of rotatable bonds is 2. The zero-order valence-electron chi connectivity index (χ0n) is 6.71. The molecule has 0 fully saturated rings. The molecule has 74 valence electrons. The van der Waals surface area contributed by atoms with E-state index in [-0.39, 0.29) is 5.30 Å². The Kier molecular flexibility index (Phi) is 2.62. The number of phenolic OH excluding ortho intramolecular Hbond substituents is 1. The summed E-state index contributed by atoms with van der Waals surface area (Å²) < 4.78 is 0. The molecule has 0 heterocycles. The van der Waals surface area contributed by atoms with Gasteiger partial charge in [0.2, 0.25) is 5.75 Å². The van der Waals surface area contributed by atoms with E-state index in [4.69, 9.17) is 0 Å². The third-order valence-electron chi connectivity index (χ3n) is 1.51. The van der Waals surface area contributed by atoms with Crippen LogP contribution in [0.2, 0.25) is 0 Å². The van der Waals surface area contributed by atoms with Gasteiger partial charge in [-0.3, -0.25) is 20.2 Å². The van der Waals surface area contributed by atoms with Crippen molar-refractivity contribution in [1.29, 1.82) is 0 Å². The Morgan fingerprint density at radius 1 is 1.21 bits per heavy atom. The molecule has 0 bridgehead atoms. The molecule has 1 rings (SSSR count). The zero-order valence-corrected chi connectivity index (χ0v) is 7.86. The van der Waals surface area contributed by atoms with Gasteiger partial charge in [-0.25, -0.2) is 0 Å². The van der Waals surface area contributed by atoms with Crippen molar-refractivity contribution in [3.8, 4) is 5.75 Å². The van der Waals surface area contributed by atoms with E-state index < -0.39 is 27.0 Å². The van der Waals surface area contributed by atoms with Crippen LogP contribution in [-0.4, -0.2) is 15.0 Å². The highest BCUT2D eigenvalue weighted by atomic mass is 31.0. The molecule has 1 atom stereocenters. The quantitative estimate of drug-likeness (QED) is 0.445. The second kappa shape index (κ2) is 3.55. The average Bonchev–Trinajstić information content (AvgIpc) is 2.08. The molecule has 0 amide bonds. The third-order valence-corrected chi connectivity index (χ3v) is 1.95. The summed E-state index contributed by atoms with van der Waals surface area (Å²) in [7, 11) is 1.99. The first kappa shape index (κ1) is 10.3. The van der Waals surface area contributed by atoms with Gasteiger partial charge < -0.3 is 5.11 Å². The van der Waals surface area contributed by atoms with Gasteiger partial charge in [-0.05, 0) is 0 Å². The zero-order chi connectivity index (χ0) is 10.9. The van der Waals surface area contributed by atoms with E-state index in [0.29, 0.717) is 6.07 Å². The van der Waals surface area contributed by atoms with Crippen LogP contribution in [0.4, 0.5) is 11.4 Å². The molecule has 1 unspecified atom stereocenters. The van der Waals surface area contributed by atoms with Gasteiger partial charge in [0.25, 0.3) is 5.69 Å². The molecule has 1 aromatic rings. The SMILES string of the molecule is O=[N+]([O-])c1cc(P)c(O)c([N+](=O)[O-])c1. The number of hydrogen-bond acceptors (Lipinski definition) is 5. The standard InChI is InChI=1S/C6H5N2O5P/c9-6-4(8(12)13)1-3(7(10)11)2-5(6)14/h1-2,9H,14H2. The number of non-ortho nitro benzene ring substituents is 1. The normalized spacial score (nSPS) is 9.79. The topological polar surface area (TPSA) is 107 Å². The molecule has 0 spiro atoms. The molecule has 0 saturated heterocycles. The van der Waals surface area contributed by atoms with Crippen LogP contribution in [0, 0.1) is 20.2 Å². The number of nitro groups is 2. The highest BCUT2D eigenvalue weighted by molar-refractivity contribution is 7.27. The smallest absolute Gasteiger partial charge is 0.318 e. The van der Waals surface area contributed by atoms with Crippen LogP contribution in [0.25, 0.3) is 0 Å². The molecule has 0 saturated carbocycles. The second-order valence-electron chi connectivity index (χ2n) is 2.42. The van der Waals surface area contributed by atoms with Crippen molar-refractivity contribution in [2.75, 3.05) is 0 Å². The van der Waals surface area contributed by atoms with Crippen LogP contribution < -0.4 is 5.30 Å². The van der Waals surface area contributed by atoms with Crippen molar-refractivity contribution >= 4 is 25.9 Å². The summed E-state index contributed by atoms with van der Waals surface area (Å²) in [5.74, 6) is -0.578. The lowest BCUT2D eigenvalue weighted by Crippen LogP contribution is -2.00. The number of benzene rings is 1. The monoisotopic (exact) mass is 216 g/mol. The van der Waals surface area contributed by atoms with Crippen LogP contribution in [0.5, 0.6) is 5.75 Å². The maximum Gasteiger partial charge on any atom is 0.318 e. The molecule has 0 radical (unpaired) electrons. The predicted molar refractivity (Wildman–Crippen MR) is 50.8 cm³/mol. The maximum absolute atomic E-state index is 10.4. The number of nitro benzene ring substituents is 2. The van der Waals surface area contributed by atoms with Gasteiger partial charge in [0.05, 0.1) is 15.9 Å². The highest BCUT2D eigenvalue weighted by Gasteiger charge is 2.21. The number of nitrogens with zero attached hydrogens (tertiary/aromatic N) is 2. The molecule has 1 N–H and O–H groups in total. The van der Waals surface area contributed by atoms with Gasteiger partial charge in [0.15, 0.2) is 0 Å². The van der Waals surface area contributed by atoms with Gasteiger partial charge in [-0.15, -0.1) is 9.24 Å². The molecular formula is C6H5N2O5P. The predicted octanol–water partition coefficient (Wildman–Crippen LogP) is 0.709. The minimum absolute atomic E-state index is 0.0194. The lowest BCUT2D eigenvalue weighted by molar-refractivity contribution is -0.394. The van der Waals surface area contributed by atoms with Gasteiger partial charge in [-0.2, -0.15) is 0 Å². The van der Waals surface area contributed by atoms with Crippen molar-refractivity contribution in [2.45, 2.75) is 0 Å². The van der Waals surface area contributed by atoms with Crippen LogP contribution in [0.15, 0.2) is 12.1 Å². The molecule has 0 aliphatic rings. The molecule has 7 nitrogen and oxygen atoms in total. The summed E-state index contributed by atoms with van der Waals surface area (Å²) in [6, 6.07) is 1.75. The minimum Gasteiger partial charge on any atom is -0.502 e. The van der Waals surface area contributed by atoms with Crippen molar-refractivity contribution in [1.82, 2.24) is 0 Å². The van der Waals surface area contributed by atoms with Gasteiger partial charge in [-0.1, -0.05) is 0 Å². The van der Waals surface area contributed by atoms with Gasteiger partial charge >= 0.3 is 5.69 Å². The number of phenols is 1. The molecule has 8 heteroatoms. The second-order valence-corrected chi connectivity index (χ2v) is 3.04. The summed E-state index contributed by atoms with van der Waals surface area (Å²) in [5, 5.41) is 29.9. The average molecular weight is 216 g/mol. The number of aromatic hydroxyl groups is 1. The summed E-state index contributed by atoms with van der Waals surface area (Å²) >= 11 is 0. The number of hydrogen-bond donors (Lipinski definition) is 1. The van der Waals surface area contributed by atoms with E-state index in [0.717, 1.165) is 6.07 Å². The van der Waals surface area contributed by atoms with Crippen LogP contribution in [0.3, 0.4) is 0 Å². The van der Waals surface area contributed by atoms with Gasteiger partial charge in [0.1, 0.15) is 0 Å². The van der Waals surface area contributed by atoms with Crippen LogP contribution in [-0.2, 0) is 0 Å². The first-order valence-corrected chi connectivity index (χ1v) is 3.92.